The Morgan fingerprint density at radius 1 is 0.649 bits per heavy atom. The van der Waals surface area contributed by atoms with E-state index in [1.165, 1.54) is 19.3 Å². The molecule has 2 N–H and O–H groups in total. The van der Waals surface area contributed by atoms with E-state index in [0.29, 0.717) is 30.3 Å². The van der Waals surface area contributed by atoms with Crippen LogP contribution >= 0.6 is 7.82 Å². The first-order chi connectivity index (χ1) is 27.4. The molecule has 0 spiro atoms. The second-order valence-corrected chi connectivity index (χ2v) is 16.3. The Labute approximate surface area is 346 Å². The van der Waals surface area contributed by atoms with Crippen LogP contribution in [0.3, 0.4) is 0 Å². The molecule has 0 aromatic carbocycles. The van der Waals surface area contributed by atoms with E-state index >= 15 is 0 Å². The molecule has 0 aromatic heterocycles. The maximum Gasteiger partial charge on any atom is 0.472 e. The van der Waals surface area contributed by atoms with Gasteiger partial charge in [-0.15, -0.1) is 0 Å². The Morgan fingerprint density at radius 2 is 1.19 bits per heavy atom. The van der Waals surface area contributed by atoms with Crippen molar-refractivity contribution in [1.29, 1.82) is 0 Å². The Hall–Kier alpha value is -3.11. The van der Waals surface area contributed by atoms with Gasteiger partial charge in [0.15, 0.2) is 6.10 Å². The fourth-order valence-corrected chi connectivity index (χ4v) is 5.61. The fraction of sp³-hybridized carbons (Fsp3) is 0.609. The molecule has 11 heteroatoms. The summed E-state index contributed by atoms with van der Waals surface area (Å²) in [5.41, 5.74) is 0. The monoisotopic (exact) mass is 819 g/mol. The zero-order chi connectivity index (χ0) is 42.3. The number of unbranched alkanes of at least 4 members (excludes halogenated alkanes) is 5. The van der Waals surface area contributed by atoms with E-state index in [-0.39, 0.29) is 26.1 Å². The average Bonchev–Trinajstić information content (AvgIpc) is 3.15. The molecule has 0 heterocycles. The molecule has 0 fully saturated rings. The van der Waals surface area contributed by atoms with Crippen LogP contribution in [0.15, 0.2) is 97.2 Å². The zero-order valence-corrected chi connectivity index (χ0v) is 36.8. The fourth-order valence-electron chi connectivity index (χ4n) is 4.87. The van der Waals surface area contributed by atoms with Crippen molar-refractivity contribution in [2.45, 2.75) is 135 Å². The largest absolute Gasteiger partial charge is 0.472 e. The molecule has 0 aliphatic heterocycles. The minimum atomic E-state index is -4.44. The summed E-state index contributed by atoms with van der Waals surface area (Å²) < 4.78 is 34.0. The lowest BCUT2D eigenvalue weighted by Gasteiger charge is -2.24. The van der Waals surface area contributed by atoms with E-state index in [2.05, 4.69) is 86.8 Å². The summed E-state index contributed by atoms with van der Waals surface area (Å²) in [7, 11) is 1.32. The van der Waals surface area contributed by atoms with Gasteiger partial charge in [0, 0.05) is 12.8 Å². The van der Waals surface area contributed by atoms with Crippen LogP contribution in [0.25, 0.3) is 0 Å². The molecule has 0 aliphatic rings. The number of phosphoric ester groups is 1. The van der Waals surface area contributed by atoms with Gasteiger partial charge in [-0.1, -0.05) is 124 Å². The van der Waals surface area contributed by atoms with Gasteiger partial charge >= 0.3 is 19.8 Å². The number of phosphoric acid groups is 1. The molecule has 10 nitrogen and oxygen atoms in total. The van der Waals surface area contributed by atoms with Gasteiger partial charge < -0.3 is 24.0 Å². The highest BCUT2D eigenvalue weighted by molar-refractivity contribution is 7.47. The molecule has 0 saturated carbocycles. The minimum Gasteiger partial charge on any atom is -0.462 e. The number of aliphatic hydroxyl groups is 1. The molecule has 0 saturated heterocycles. The van der Waals surface area contributed by atoms with Gasteiger partial charge in [-0.2, -0.15) is 0 Å². The average molecular weight is 819 g/mol. The molecule has 0 radical (unpaired) electrons. The first kappa shape index (κ1) is 53.9. The number of likely N-dealkylation sites (N-methyl/N-ethyl adjacent to an activating group) is 1. The van der Waals surface area contributed by atoms with Crippen LogP contribution in [0.5, 0.6) is 0 Å². The van der Waals surface area contributed by atoms with Crippen LogP contribution < -0.4 is 0 Å². The number of ether oxygens (including phenoxy) is 2. The summed E-state index contributed by atoms with van der Waals surface area (Å²) in [4.78, 5) is 35.3. The van der Waals surface area contributed by atoms with Gasteiger partial charge in [-0.3, -0.25) is 18.6 Å². The highest BCUT2D eigenvalue weighted by Crippen LogP contribution is 2.43. The number of hydrogen-bond donors (Lipinski definition) is 2. The van der Waals surface area contributed by atoms with Gasteiger partial charge in [0.1, 0.15) is 19.8 Å². The first-order valence-electron chi connectivity index (χ1n) is 21.1. The quantitative estimate of drug-likeness (QED) is 0.0159. The van der Waals surface area contributed by atoms with Crippen molar-refractivity contribution in [2.75, 3.05) is 47.5 Å². The highest BCUT2D eigenvalue weighted by Gasteiger charge is 2.27. The molecular formula is C46H77NO9P+. The van der Waals surface area contributed by atoms with E-state index in [0.717, 1.165) is 57.8 Å². The van der Waals surface area contributed by atoms with Crippen molar-refractivity contribution >= 4 is 19.8 Å². The predicted molar refractivity (Wildman–Crippen MR) is 234 cm³/mol. The maximum atomic E-state index is 12.7. The molecule has 0 bridgehead atoms. The number of allylic oxidation sites excluding steroid dienone is 15. The van der Waals surface area contributed by atoms with Crippen LogP contribution in [-0.4, -0.2) is 86.1 Å². The third-order valence-electron chi connectivity index (χ3n) is 8.20. The van der Waals surface area contributed by atoms with Crippen molar-refractivity contribution in [1.82, 2.24) is 0 Å². The van der Waals surface area contributed by atoms with Gasteiger partial charge in [-0.05, 0) is 83.5 Å². The van der Waals surface area contributed by atoms with Crippen LogP contribution in [0, 0.1) is 0 Å². The summed E-state index contributed by atoms with van der Waals surface area (Å²) in [5, 5.41) is 10.3. The minimum absolute atomic E-state index is 0.00286. The molecular weight excluding hydrogens is 741 g/mol. The molecule has 0 amide bonds. The van der Waals surface area contributed by atoms with Crippen LogP contribution in [0.1, 0.15) is 123 Å². The standard InChI is InChI=1S/C46H76NO9P/c1-6-8-10-12-14-16-18-20-21-23-25-27-29-31-33-37-45(49)53-41-44(42-55-57(51,52)54-40-39-47(3,4)5)56-46(50)38-34-36-43(48)35-32-30-28-26-24-22-19-17-15-13-11-9-7-2/h8,10,14-17,20-22,24-25,27-28,30,32,35,43-44,48H,6-7,9,11-13,18-19,23,26,29,31,33-34,36-42H2,1-5H3/p+1/b10-8-,16-14-,17-15-,21-20-,24-22-,27-25-,30-28-,35-32+/t43-,44+/m0/s1. The number of hydrogen-bond acceptors (Lipinski definition) is 8. The maximum absolute atomic E-state index is 12.7. The SMILES string of the molecule is CC/C=C\C/C=C\C/C=C\C/C=C\CCCCC(=O)OC[C@H](COP(=O)(O)OCC[N+](C)(C)C)OC(=O)CCC[C@@H](O)/C=C/C=C\C/C=C\C/C=C\CCCCC. The van der Waals surface area contributed by atoms with Crippen molar-refractivity contribution in [3.63, 3.8) is 0 Å². The summed E-state index contributed by atoms with van der Waals surface area (Å²) in [6.07, 6.45) is 44.9. The molecule has 3 atom stereocenters. The van der Waals surface area contributed by atoms with E-state index in [4.69, 9.17) is 18.5 Å². The van der Waals surface area contributed by atoms with Crippen molar-refractivity contribution < 1.29 is 47.2 Å². The summed E-state index contributed by atoms with van der Waals surface area (Å²) in [6.45, 7) is 3.96. The zero-order valence-electron chi connectivity index (χ0n) is 35.9. The van der Waals surface area contributed by atoms with Crippen molar-refractivity contribution in [3.05, 3.63) is 97.2 Å². The molecule has 0 aromatic rings. The molecule has 324 valence electrons. The lowest BCUT2D eigenvalue weighted by atomic mass is 10.1. The van der Waals surface area contributed by atoms with Crippen molar-refractivity contribution in [2.24, 2.45) is 0 Å². The van der Waals surface area contributed by atoms with Gasteiger partial charge in [-0.25, -0.2) is 4.57 Å². The predicted octanol–water partition coefficient (Wildman–Crippen LogP) is 10.8. The number of rotatable bonds is 36. The topological polar surface area (TPSA) is 129 Å². The van der Waals surface area contributed by atoms with Crippen LogP contribution in [0.2, 0.25) is 0 Å². The number of aliphatic hydroxyl groups excluding tert-OH is 1. The second kappa shape index (κ2) is 37.2. The van der Waals surface area contributed by atoms with E-state index in [1.54, 1.807) is 12.2 Å². The Kier molecular flexibility index (Phi) is 35.2. The molecule has 1 unspecified atom stereocenters. The second-order valence-electron chi connectivity index (χ2n) is 14.8. The van der Waals surface area contributed by atoms with Crippen LogP contribution in [0.4, 0.5) is 0 Å². The highest BCUT2D eigenvalue weighted by atomic mass is 31.2. The third-order valence-corrected chi connectivity index (χ3v) is 9.19. The Balaban J connectivity index is 4.69. The Morgan fingerprint density at radius 3 is 1.77 bits per heavy atom. The van der Waals surface area contributed by atoms with Gasteiger partial charge in [0.25, 0.3) is 0 Å². The van der Waals surface area contributed by atoms with Crippen molar-refractivity contribution in [3.8, 4) is 0 Å². The lowest BCUT2D eigenvalue weighted by molar-refractivity contribution is -0.870. The molecule has 0 rings (SSSR count). The number of nitrogens with zero attached hydrogens (tertiary/aromatic N) is 1. The summed E-state index contributed by atoms with van der Waals surface area (Å²) in [6, 6.07) is 0. The summed E-state index contributed by atoms with van der Waals surface area (Å²) >= 11 is 0. The van der Waals surface area contributed by atoms with E-state index < -0.39 is 38.6 Å². The van der Waals surface area contributed by atoms with Gasteiger partial charge in [0.2, 0.25) is 0 Å². The number of quaternary nitrogens is 1. The van der Waals surface area contributed by atoms with E-state index in [9.17, 15) is 24.2 Å². The molecule has 0 aliphatic carbocycles. The first-order valence-corrected chi connectivity index (χ1v) is 22.6. The normalized spacial score (nSPS) is 15.1. The smallest absolute Gasteiger partial charge is 0.462 e. The van der Waals surface area contributed by atoms with Crippen LogP contribution in [-0.2, 0) is 32.7 Å². The van der Waals surface area contributed by atoms with E-state index in [1.807, 2.05) is 33.3 Å². The number of esters is 2. The third kappa shape index (κ3) is 40.9. The lowest BCUT2D eigenvalue weighted by Crippen LogP contribution is -2.37. The number of carbonyl (C=O) groups is 2. The van der Waals surface area contributed by atoms with Gasteiger partial charge in [0.05, 0.1) is 33.9 Å². The summed E-state index contributed by atoms with van der Waals surface area (Å²) in [5.74, 6) is -1.06. The number of carbonyl (C=O) groups excluding carboxylic acids is 2. The Bertz CT molecular complexity index is 1310. The molecule has 57 heavy (non-hydrogen) atoms.